The van der Waals surface area contributed by atoms with Gasteiger partial charge in [-0.15, -0.1) is 0 Å². The molecular weight excluding hydrogens is 359 g/mol. The van der Waals surface area contributed by atoms with Crippen molar-refractivity contribution >= 4 is 18.5 Å². The van der Waals surface area contributed by atoms with E-state index in [1.54, 1.807) is 26.4 Å². The molecule has 0 saturated carbocycles. The average Bonchev–Trinajstić information content (AvgIpc) is 3.14. The number of nitrogens with one attached hydrogen (secondary N) is 1. The molecule has 2 aromatic carbocycles. The van der Waals surface area contributed by atoms with Crippen molar-refractivity contribution in [3.05, 3.63) is 53.6 Å². The average molecular weight is 384 g/mol. The number of hydrogen-bond donors (Lipinski definition) is 3. The van der Waals surface area contributed by atoms with Gasteiger partial charge in [0.05, 0.1) is 14.2 Å². The number of carbonyl (C=O) groups excluding carboxylic acids is 1. The lowest BCUT2D eigenvalue weighted by Gasteiger charge is -2.18. The topological polar surface area (TPSA) is 91.3 Å². The summed E-state index contributed by atoms with van der Waals surface area (Å²) in [5.74, 6) is 1.36. The minimum atomic E-state index is -1.53. The van der Waals surface area contributed by atoms with E-state index in [1.165, 1.54) is 12.1 Å². The summed E-state index contributed by atoms with van der Waals surface area (Å²) >= 11 is 0. The predicted molar refractivity (Wildman–Crippen MR) is 107 cm³/mol. The van der Waals surface area contributed by atoms with Gasteiger partial charge in [0.25, 0.3) is 5.91 Å². The Hall–Kier alpha value is -2.55. The highest BCUT2D eigenvalue weighted by molar-refractivity contribution is 6.58. The van der Waals surface area contributed by atoms with E-state index in [4.69, 9.17) is 19.5 Å². The first kappa shape index (κ1) is 20.2. The van der Waals surface area contributed by atoms with Crippen LogP contribution in [0, 0.1) is 0 Å². The molecule has 8 heteroatoms. The van der Waals surface area contributed by atoms with Crippen molar-refractivity contribution < 1.29 is 24.3 Å². The number of hydrogen-bond acceptors (Lipinski definition) is 6. The molecule has 1 atom stereocenters. The molecule has 3 rings (SSSR count). The number of carbonyl (C=O) groups is 1. The van der Waals surface area contributed by atoms with E-state index in [9.17, 15) is 4.79 Å². The molecule has 7 nitrogen and oxygen atoms in total. The minimum absolute atomic E-state index is 0.0723. The lowest BCUT2D eigenvalue weighted by atomic mass is 9.80. The van der Waals surface area contributed by atoms with Crippen LogP contribution in [0.3, 0.4) is 0 Å². The van der Waals surface area contributed by atoms with Crippen LogP contribution in [-0.2, 0) is 6.54 Å². The maximum atomic E-state index is 12.4. The molecule has 1 amide bonds. The summed E-state index contributed by atoms with van der Waals surface area (Å²) in [6.07, 6.45) is 0.875. The molecule has 2 aromatic rings. The summed E-state index contributed by atoms with van der Waals surface area (Å²) in [7, 11) is 1.73. The molecule has 3 N–H and O–H groups in total. The van der Waals surface area contributed by atoms with Crippen LogP contribution >= 0.6 is 0 Å². The second kappa shape index (κ2) is 9.10. The SMILES string of the molecule is COc1cc(CN2CCC(NC(=O)c3ccc(B(O)O)cc3)C2)cc(OC)c1. The van der Waals surface area contributed by atoms with Gasteiger partial charge in [-0.3, -0.25) is 9.69 Å². The quantitative estimate of drug-likeness (QED) is 0.599. The van der Waals surface area contributed by atoms with Gasteiger partial charge in [-0.05, 0) is 41.7 Å². The van der Waals surface area contributed by atoms with Crippen LogP contribution in [0.15, 0.2) is 42.5 Å². The first-order valence-electron chi connectivity index (χ1n) is 9.19. The summed E-state index contributed by atoms with van der Waals surface area (Å²) in [6.45, 7) is 2.40. The van der Waals surface area contributed by atoms with Crippen molar-refractivity contribution in [3.63, 3.8) is 0 Å². The summed E-state index contributed by atoms with van der Waals surface area (Å²) in [4.78, 5) is 14.7. The van der Waals surface area contributed by atoms with E-state index in [-0.39, 0.29) is 11.9 Å². The van der Waals surface area contributed by atoms with Gasteiger partial charge < -0.3 is 24.8 Å². The van der Waals surface area contributed by atoms with Gasteiger partial charge >= 0.3 is 7.12 Å². The van der Waals surface area contributed by atoms with Crippen LogP contribution in [0.5, 0.6) is 11.5 Å². The van der Waals surface area contributed by atoms with Crippen LogP contribution in [-0.4, -0.2) is 61.3 Å². The van der Waals surface area contributed by atoms with Crippen LogP contribution in [0.2, 0.25) is 0 Å². The molecule has 28 heavy (non-hydrogen) atoms. The number of rotatable bonds is 7. The lowest BCUT2D eigenvalue weighted by Crippen LogP contribution is -2.37. The maximum Gasteiger partial charge on any atom is 0.488 e. The fraction of sp³-hybridized carbons (Fsp3) is 0.350. The molecule has 0 aliphatic carbocycles. The van der Waals surface area contributed by atoms with Crippen LogP contribution < -0.4 is 20.3 Å². The molecule has 1 fully saturated rings. The van der Waals surface area contributed by atoms with Gasteiger partial charge in [0.15, 0.2) is 0 Å². The molecule has 1 aliphatic heterocycles. The minimum Gasteiger partial charge on any atom is -0.497 e. The van der Waals surface area contributed by atoms with Gasteiger partial charge in [0.2, 0.25) is 0 Å². The third-order valence-corrected chi connectivity index (χ3v) is 4.90. The van der Waals surface area contributed by atoms with Gasteiger partial charge in [-0.1, -0.05) is 12.1 Å². The van der Waals surface area contributed by atoms with E-state index in [0.717, 1.165) is 43.1 Å². The Morgan fingerprint density at radius 3 is 2.36 bits per heavy atom. The molecule has 0 bridgehead atoms. The number of methoxy groups -OCH3 is 2. The molecule has 0 radical (unpaired) electrons. The summed E-state index contributed by atoms with van der Waals surface area (Å²) < 4.78 is 10.6. The Bertz CT molecular complexity index is 790. The van der Waals surface area contributed by atoms with Crippen molar-refractivity contribution in [1.82, 2.24) is 10.2 Å². The third kappa shape index (κ3) is 5.04. The zero-order chi connectivity index (χ0) is 20.1. The molecule has 1 unspecified atom stereocenters. The van der Waals surface area contributed by atoms with E-state index in [1.807, 2.05) is 18.2 Å². The Balaban J connectivity index is 1.56. The fourth-order valence-electron chi connectivity index (χ4n) is 3.39. The normalized spacial score (nSPS) is 16.6. The first-order valence-corrected chi connectivity index (χ1v) is 9.19. The zero-order valence-electron chi connectivity index (χ0n) is 16.1. The van der Waals surface area contributed by atoms with E-state index in [0.29, 0.717) is 11.0 Å². The van der Waals surface area contributed by atoms with Crippen molar-refractivity contribution in [3.8, 4) is 11.5 Å². The van der Waals surface area contributed by atoms with Crippen molar-refractivity contribution in [2.75, 3.05) is 27.3 Å². The highest BCUT2D eigenvalue weighted by Crippen LogP contribution is 2.24. The van der Waals surface area contributed by atoms with Gasteiger partial charge in [-0.25, -0.2) is 0 Å². The first-order chi connectivity index (χ1) is 13.5. The Labute approximate surface area is 165 Å². The second-order valence-corrected chi connectivity index (χ2v) is 6.91. The van der Waals surface area contributed by atoms with E-state index >= 15 is 0 Å². The number of likely N-dealkylation sites (tertiary alicyclic amines) is 1. The number of nitrogens with zero attached hydrogens (tertiary/aromatic N) is 1. The van der Waals surface area contributed by atoms with Crippen LogP contribution in [0.4, 0.5) is 0 Å². The molecule has 0 spiro atoms. The van der Waals surface area contributed by atoms with Gasteiger partial charge in [0.1, 0.15) is 11.5 Å². The molecule has 1 saturated heterocycles. The lowest BCUT2D eigenvalue weighted by molar-refractivity contribution is 0.0937. The Morgan fingerprint density at radius 2 is 1.79 bits per heavy atom. The maximum absolute atomic E-state index is 12.4. The fourth-order valence-corrected chi connectivity index (χ4v) is 3.39. The van der Waals surface area contributed by atoms with Crippen molar-refractivity contribution in [1.29, 1.82) is 0 Å². The molecule has 0 aromatic heterocycles. The second-order valence-electron chi connectivity index (χ2n) is 6.91. The monoisotopic (exact) mass is 384 g/mol. The van der Waals surface area contributed by atoms with Crippen molar-refractivity contribution in [2.24, 2.45) is 0 Å². The highest BCUT2D eigenvalue weighted by atomic mass is 16.5. The number of amides is 1. The predicted octanol–water partition coefficient (Wildman–Crippen LogP) is 0.388. The summed E-state index contributed by atoms with van der Waals surface area (Å²) in [5, 5.41) is 21.3. The number of benzene rings is 2. The molecular formula is C20H25BN2O5. The largest absolute Gasteiger partial charge is 0.497 e. The third-order valence-electron chi connectivity index (χ3n) is 4.90. The summed E-state index contributed by atoms with van der Waals surface area (Å²) in [6, 6.07) is 12.2. The number of ether oxygens (including phenoxy) is 2. The van der Waals surface area contributed by atoms with Crippen LogP contribution in [0.25, 0.3) is 0 Å². The smallest absolute Gasteiger partial charge is 0.488 e. The standard InChI is InChI=1S/C20H25BN2O5/c1-27-18-9-14(10-19(11-18)28-2)12-23-8-7-17(13-23)22-20(24)15-3-5-16(6-4-15)21(25)26/h3-6,9-11,17,25-26H,7-8,12-13H2,1-2H3,(H,22,24). The summed E-state index contributed by atoms with van der Waals surface area (Å²) in [5.41, 5.74) is 1.96. The van der Waals surface area contributed by atoms with E-state index in [2.05, 4.69) is 10.2 Å². The molecule has 148 valence electrons. The molecule has 1 heterocycles. The van der Waals surface area contributed by atoms with E-state index < -0.39 is 7.12 Å². The zero-order valence-corrected chi connectivity index (χ0v) is 16.1. The van der Waals surface area contributed by atoms with Gasteiger partial charge in [-0.2, -0.15) is 0 Å². The molecule has 1 aliphatic rings. The van der Waals surface area contributed by atoms with Crippen molar-refractivity contribution in [2.45, 2.75) is 19.0 Å². The highest BCUT2D eigenvalue weighted by Gasteiger charge is 2.24. The van der Waals surface area contributed by atoms with Crippen LogP contribution in [0.1, 0.15) is 22.3 Å². The Morgan fingerprint density at radius 1 is 1.14 bits per heavy atom. The Kier molecular flexibility index (Phi) is 6.56. The van der Waals surface area contributed by atoms with Gasteiger partial charge in [0, 0.05) is 37.3 Å².